The fraction of sp³-hybridized carbons (Fsp3) is 0.412. The lowest BCUT2D eigenvalue weighted by atomic mass is 10.2. The van der Waals surface area contributed by atoms with E-state index < -0.39 is 17.6 Å². The van der Waals surface area contributed by atoms with E-state index in [0.29, 0.717) is 25.2 Å². The number of nitrogens with two attached hydrogens (primary N) is 4. The summed E-state index contributed by atoms with van der Waals surface area (Å²) in [5.41, 5.74) is 10.8. The number of carbonyl (C=O) groups excluding carboxylic acids is 1. The first kappa shape index (κ1) is 24.0. The van der Waals surface area contributed by atoms with Crippen molar-refractivity contribution in [1.29, 1.82) is 0 Å². The Hall–Kier alpha value is -2.99. The van der Waals surface area contributed by atoms with Crippen LogP contribution in [-0.4, -0.2) is 34.0 Å². The zero-order valence-corrected chi connectivity index (χ0v) is 16.1. The summed E-state index contributed by atoms with van der Waals surface area (Å²) in [6.07, 6.45) is 0.816. The predicted molar refractivity (Wildman–Crippen MR) is 102 cm³/mol. The van der Waals surface area contributed by atoms with Crippen molar-refractivity contribution < 1.29 is 18.0 Å². The van der Waals surface area contributed by atoms with Gasteiger partial charge in [-0.25, -0.2) is 11.7 Å². The highest BCUT2D eigenvalue weighted by Gasteiger charge is 2.30. The second kappa shape index (κ2) is 11.1. The number of hydrazine groups is 2. The van der Waals surface area contributed by atoms with E-state index in [4.69, 9.17) is 23.2 Å². The zero-order valence-electron chi connectivity index (χ0n) is 16.1. The van der Waals surface area contributed by atoms with Gasteiger partial charge in [-0.05, 0) is 31.9 Å². The van der Waals surface area contributed by atoms with Crippen LogP contribution >= 0.6 is 0 Å². The molecule has 0 aliphatic carbocycles. The number of hydrogen-bond acceptors (Lipinski definition) is 8. The molecule has 1 aromatic rings. The van der Waals surface area contributed by atoms with E-state index in [1.54, 1.807) is 13.1 Å². The molecule has 0 aliphatic heterocycles. The molecule has 1 amide bonds. The maximum absolute atomic E-state index is 12.7. The zero-order chi connectivity index (χ0) is 22.0. The van der Waals surface area contributed by atoms with Crippen molar-refractivity contribution in [2.24, 2.45) is 23.2 Å². The molecule has 1 aromatic heterocycles. The quantitative estimate of drug-likeness (QED) is 0.160. The molecule has 9 N–H and O–H groups in total. The molecule has 1 rings (SSSR count). The van der Waals surface area contributed by atoms with E-state index in [-0.39, 0.29) is 17.9 Å². The molecule has 29 heavy (non-hydrogen) atoms. The molecule has 0 saturated heterocycles. The van der Waals surface area contributed by atoms with E-state index >= 15 is 0 Å². The van der Waals surface area contributed by atoms with Crippen LogP contribution < -0.4 is 28.5 Å². The average molecular weight is 416 g/mol. The highest BCUT2D eigenvalue weighted by Crippen LogP contribution is 2.28. The van der Waals surface area contributed by atoms with Gasteiger partial charge in [-0.1, -0.05) is 0 Å². The van der Waals surface area contributed by atoms with Crippen molar-refractivity contribution in [2.75, 3.05) is 13.1 Å². The van der Waals surface area contributed by atoms with E-state index in [1.165, 1.54) is 16.2 Å². The fourth-order valence-corrected chi connectivity index (χ4v) is 2.24. The van der Waals surface area contributed by atoms with Gasteiger partial charge in [0, 0.05) is 37.4 Å². The van der Waals surface area contributed by atoms with Gasteiger partial charge in [0.1, 0.15) is 5.70 Å². The summed E-state index contributed by atoms with van der Waals surface area (Å²) in [7, 11) is 0. The number of hydrogen-bond donors (Lipinski definition) is 5. The van der Waals surface area contributed by atoms with Gasteiger partial charge in [0.25, 0.3) is 5.91 Å². The molecular weight excluding hydrogens is 389 g/mol. The fourth-order valence-electron chi connectivity index (χ4n) is 2.24. The number of pyridine rings is 1. The highest BCUT2D eigenvalue weighted by molar-refractivity contribution is 5.92. The monoisotopic (exact) mass is 416 g/mol. The maximum Gasteiger partial charge on any atom is 0.416 e. The number of alkyl halides is 3. The van der Waals surface area contributed by atoms with Crippen LogP contribution in [0.3, 0.4) is 0 Å². The Bertz CT molecular complexity index is 732. The van der Waals surface area contributed by atoms with Crippen LogP contribution in [0.1, 0.15) is 31.0 Å². The third-order valence-electron chi connectivity index (χ3n) is 3.59. The van der Waals surface area contributed by atoms with Crippen molar-refractivity contribution in [2.45, 2.75) is 32.5 Å². The minimum Gasteiger partial charge on any atom is -0.401 e. The standard InChI is InChI=1S/C17H27F3N8O/c1-12(21)10-27(23)6-2-3-7-28(24)11-15(22)16(29)26-9-14-8-13(4-5-25-14)17(18,19)20/h4-5,8,10-11H,2-3,6-7,9,21-24H2,1H3,(H,26,29)/b12-10-,15-11-. The van der Waals surface area contributed by atoms with Crippen LogP contribution in [0.4, 0.5) is 13.2 Å². The molecule has 0 unspecified atom stereocenters. The molecule has 0 radical (unpaired) electrons. The van der Waals surface area contributed by atoms with Gasteiger partial charge >= 0.3 is 6.18 Å². The Morgan fingerprint density at radius 1 is 1.17 bits per heavy atom. The lowest BCUT2D eigenvalue weighted by Gasteiger charge is -2.17. The second-order valence-corrected chi connectivity index (χ2v) is 6.36. The molecule has 12 heteroatoms. The summed E-state index contributed by atoms with van der Waals surface area (Å²) in [6.45, 7) is 2.51. The van der Waals surface area contributed by atoms with E-state index in [9.17, 15) is 18.0 Å². The lowest BCUT2D eigenvalue weighted by Crippen LogP contribution is -2.34. The number of rotatable bonds is 10. The van der Waals surface area contributed by atoms with Crippen LogP contribution in [0, 0.1) is 0 Å². The maximum atomic E-state index is 12.7. The van der Waals surface area contributed by atoms with Crippen LogP contribution in [-0.2, 0) is 17.5 Å². The minimum atomic E-state index is -4.49. The summed E-state index contributed by atoms with van der Waals surface area (Å²) >= 11 is 0. The molecule has 0 aliphatic rings. The number of allylic oxidation sites excluding steroid dienone is 1. The molecule has 1 heterocycles. The molecular formula is C17H27F3N8O. The number of carbonyl (C=O) groups is 1. The van der Waals surface area contributed by atoms with Crippen LogP contribution in [0.15, 0.2) is 42.1 Å². The number of halogens is 3. The van der Waals surface area contributed by atoms with Gasteiger partial charge in [0.15, 0.2) is 0 Å². The van der Waals surface area contributed by atoms with Gasteiger partial charge < -0.3 is 26.8 Å². The van der Waals surface area contributed by atoms with Crippen molar-refractivity contribution in [3.8, 4) is 0 Å². The second-order valence-electron chi connectivity index (χ2n) is 6.36. The number of nitrogens with zero attached hydrogens (tertiary/aromatic N) is 3. The number of aromatic nitrogens is 1. The van der Waals surface area contributed by atoms with Gasteiger partial charge in [-0.3, -0.25) is 9.78 Å². The molecule has 0 saturated carbocycles. The minimum absolute atomic E-state index is 0.0543. The van der Waals surface area contributed by atoms with Crippen LogP contribution in [0.5, 0.6) is 0 Å². The molecule has 0 aromatic carbocycles. The molecule has 0 atom stereocenters. The Kier molecular flexibility index (Phi) is 9.22. The summed E-state index contributed by atoms with van der Waals surface area (Å²) in [5, 5.41) is 5.12. The topological polar surface area (TPSA) is 153 Å². The Morgan fingerprint density at radius 2 is 1.76 bits per heavy atom. The van der Waals surface area contributed by atoms with Crippen molar-refractivity contribution >= 4 is 5.91 Å². The number of amides is 1. The normalized spacial score (nSPS) is 12.6. The van der Waals surface area contributed by atoms with Crippen molar-refractivity contribution in [3.05, 3.63) is 53.4 Å². The highest BCUT2D eigenvalue weighted by atomic mass is 19.4. The van der Waals surface area contributed by atoms with Crippen LogP contribution in [0.2, 0.25) is 0 Å². The van der Waals surface area contributed by atoms with Gasteiger partial charge in [-0.15, -0.1) is 0 Å². The molecule has 0 fully saturated rings. The first-order valence-electron chi connectivity index (χ1n) is 8.73. The van der Waals surface area contributed by atoms with Gasteiger partial charge in [0.2, 0.25) is 0 Å². The summed E-state index contributed by atoms with van der Waals surface area (Å²) in [6, 6.07) is 1.71. The van der Waals surface area contributed by atoms with Crippen molar-refractivity contribution in [3.63, 3.8) is 0 Å². The van der Waals surface area contributed by atoms with E-state index in [1.807, 2.05) is 0 Å². The van der Waals surface area contributed by atoms with Crippen LogP contribution in [0.25, 0.3) is 0 Å². The van der Waals surface area contributed by atoms with Gasteiger partial charge in [-0.2, -0.15) is 13.2 Å². The Morgan fingerprint density at radius 3 is 2.31 bits per heavy atom. The first-order chi connectivity index (χ1) is 13.5. The number of nitrogens with one attached hydrogen (secondary N) is 1. The third-order valence-corrected chi connectivity index (χ3v) is 3.59. The molecule has 9 nitrogen and oxygen atoms in total. The van der Waals surface area contributed by atoms with E-state index in [2.05, 4.69) is 10.3 Å². The van der Waals surface area contributed by atoms with Crippen molar-refractivity contribution in [1.82, 2.24) is 20.3 Å². The summed E-state index contributed by atoms with van der Waals surface area (Å²) in [5.74, 6) is 10.8. The van der Waals surface area contributed by atoms with Gasteiger partial charge in [0.05, 0.1) is 17.8 Å². The lowest BCUT2D eigenvalue weighted by molar-refractivity contribution is -0.137. The smallest absolute Gasteiger partial charge is 0.401 e. The largest absolute Gasteiger partial charge is 0.416 e. The Labute approximate surface area is 167 Å². The summed E-state index contributed by atoms with van der Waals surface area (Å²) in [4.78, 5) is 15.8. The molecule has 162 valence electrons. The molecule has 0 bridgehead atoms. The summed E-state index contributed by atoms with van der Waals surface area (Å²) < 4.78 is 38.1. The third kappa shape index (κ3) is 9.67. The number of unbranched alkanes of at least 4 members (excludes halogenated alkanes) is 1. The Balaban J connectivity index is 2.44. The van der Waals surface area contributed by atoms with E-state index in [0.717, 1.165) is 24.8 Å². The predicted octanol–water partition coefficient (Wildman–Crippen LogP) is 0.468. The first-order valence-corrected chi connectivity index (χ1v) is 8.73. The SMILES string of the molecule is C/C(N)=C/N(N)CCCCN(N)/C=C(\N)C(=O)NCc1cc(C(F)(F)F)ccn1. The average Bonchev–Trinajstić information content (AvgIpc) is 2.62. The molecule has 0 spiro atoms.